The highest BCUT2D eigenvalue weighted by Crippen LogP contribution is 2.46. The topological polar surface area (TPSA) is 13.1 Å². The molecule has 1 atom stereocenters. The quantitative estimate of drug-likeness (QED) is 0.194. The van der Waals surface area contributed by atoms with Crippen molar-refractivity contribution in [1.82, 2.24) is 0 Å². The normalized spacial score (nSPS) is 12.6. The van der Waals surface area contributed by atoms with Crippen LogP contribution in [0.4, 0.5) is 0 Å². The van der Waals surface area contributed by atoms with E-state index in [9.17, 15) is 0 Å². The predicted molar refractivity (Wildman–Crippen MR) is 175 cm³/mol. The van der Waals surface area contributed by atoms with Gasteiger partial charge < -0.3 is 4.42 Å². The maximum atomic E-state index is 6.51. The van der Waals surface area contributed by atoms with Crippen molar-refractivity contribution < 1.29 is 4.42 Å². The molecule has 0 saturated heterocycles. The average Bonchev–Trinajstić information content (AvgIpc) is 3.39. The van der Waals surface area contributed by atoms with Gasteiger partial charge in [0.1, 0.15) is 11.2 Å². The molecule has 6 rings (SSSR count). The fourth-order valence-corrected chi connectivity index (χ4v) is 6.45. The summed E-state index contributed by atoms with van der Waals surface area (Å²) in [4.78, 5) is 0. The smallest absolute Gasteiger partial charge is 0.143 e. The molecule has 0 N–H and O–H groups in total. The average molecular weight is 521 g/mol. The van der Waals surface area contributed by atoms with Gasteiger partial charge in [0.25, 0.3) is 0 Å². The molecule has 0 radical (unpaired) electrons. The predicted octanol–water partition coefficient (Wildman–Crippen LogP) is 12.0. The first kappa shape index (κ1) is 25.9. The summed E-state index contributed by atoms with van der Waals surface area (Å²) in [7, 11) is 0. The third-order valence-corrected chi connectivity index (χ3v) is 8.31. The Balaban J connectivity index is 1.67. The number of furan rings is 1. The van der Waals surface area contributed by atoms with E-state index in [0.717, 1.165) is 38.6 Å². The van der Waals surface area contributed by atoms with Crippen molar-refractivity contribution in [2.24, 2.45) is 0 Å². The zero-order chi connectivity index (χ0) is 27.6. The van der Waals surface area contributed by atoms with E-state index in [1.165, 1.54) is 52.3 Å². The van der Waals surface area contributed by atoms with Gasteiger partial charge in [-0.15, -0.1) is 0 Å². The Labute approximate surface area is 237 Å². The van der Waals surface area contributed by atoms with Crippen LogP contribution in [0.1, 0.15) is 62.6 Å². The highest BCUT2D eigenvalue weighted by molar-refractivity contribution is 6.17. The maximum absolute atomic E-state index is 6.51. The lowest BCUT2D eigenvalue weighted by Gasteiger charge is -2.21. The molecule has 1 unspecified atom stereocenters. The number of allylic oxidation sites excluding steroid dienone is 1. The van der Waals surface area contributed by atoms with Crippen molar-refractivity contribution in [3.8, 4) is 22.3 Å². The number of benzene rings is 5. The van der Waals surface area contributed by atoms with E-state index in [1.807, 2.05) is 18.2 Å². The molecule has 1 heteroatoms. The van der Waals surface area contributed by atoms with Gasteiger partial charge in [0.2, 0.25) is 0 Å². The third kappa shape index (κ3) is 4.27. The van der Waals surface area contributed by atoms with E-state index in [1.54, 1.807) is 0 Å². The second kappa shape index (κ2) is 11.0. The van der Waals surface area contributed by atoms with E-state index in [4.69, 9.17) is 4.42 Å². The lowest BCUT2D eigenvalue weighted by Crippen LogP contribution is -1.98. The molecule has 0 amide bonds. The summed E-state index contributed by atoms with van der Waals surface area (Å²) in [5.74, 6) is 0.612. The molecule has 0 aliphatic heterocycles. The van der Waals surface area contributed by atoms with Crippen LogP contribution in [-0.4, -0.2) is 0 Å². The summed E-state index contributed by atoms with van der Waals surface area (Å²) in [5.41, 5.74) is 10.3. The molecule has 0 saturated carbocycles. The lowest BCUT2D eigenvalue weighted by molar-refractivity contribution is 0.596. The van der Waals surface area contributed by atoms with Crippen LogP contribution in [0.15, 0.2) is 108 Å². The highest BCUT2D eigenvalue weighted by atomic mass is 16.3. The van der Waals surface area contributed by atoms with Gasteiger partial charge in [0.15, 0.2) is 0 Å². The molecule has 0 bridgehead atoms. The molecule has 0 spiro atoms. The highest BCUT2D eigenvalue weighted by Gasteiger charge is 2.22. The van der Waals surface area contributed by atoms with Crippen LogP contribution in [0.3, 0.4) is 0 Å². The van der Waals surface area contributed by atoms with Crippen LogP contribution in [0.25, 0.3) is 67.1 Å². The molecular weight excluding hydrogens is 484 g/mol. The molecule has 40 heavy (non-hydrogen) atoms. The Morgan fingerprint density at radius 1 is 0.725 bits per heavy atom. The van der Waals surface area contributed by atoms with Gasteiger partial charge in [0.05, 0.1) is 0 Å². The van der Waals surface area contributed by atoms with Crippen molar-refractivity contribution in [1.29, 1.82) is 0 Å². The standard InChI is InChI=1S/C39H36O/c1-5-14-26(7-3)27-22-24-28(25-23-27)37-31(15-6-2)29(8-4)38(33-18-10-9-17-32(33)37)35-20-13-19-34-30-16-11-12-21-36(30)40-39(34)35/h6,8-13,15-26H,4-5,7,14H2,1-3H3/b15-6-. The molecule has 1 heterocycles. The molecule has 6 aromatic rings. The van der Waals surface area contributed by atoms with Crippen molar-refractivity contribution in [3.63, 3.8) is 0 Å². The minimum absolute atomic E-state index is 0.612. The fourth-order valence-electron chi connectivity index (χ4n) is 6.45. The van der Waals surface area contributed by atoms with Gasteiger partial charge in [-0.25, -0.2) is 0 Å². The van der Waals surface area contributed by atoms with Crippen LogP contribution in [-0.2, 0) is 0 Å². The van der Waals surface area contributed by atoms with Gasteiger partial charge in [-0.2, -0.15) is 0 Å². The first-order valence-corrected chi connectivity index (χ1v) is 14.5. The minimum atomic E-state index is 0.612. The molecule has 1 nitrogen and oxygen atoms in total. The summed E-state index contributed by atoms with van der Waals surface area (Å²) < 4.78 is 6.51. The number of para-hydroxylation sites is 2. The Morgan fingerprint density at radius 2 is 1.40 bits per heavy atom. The molecular formula is C39H36O. The first-order chi connectivity index (χ1) is 19.7. The number of rotatable bonds is 8. The van der Waals surface area contributed by atoms with Gasteiger partial charge in [-0.1, -0.05) is 130 Å². The number of fused-ring (bicyclic) bond motifs is 4. The van der Waals surface area contributed by atoms with E-state index >= 15 is 0 Å². The molecule has 0 aliphatic carbocycles. The molecule has 0 fully saturated rings. The van der Waals surface area contributed by atoms with Gasteiger partial charge in [-0.05, 0) is 70.3 Å². The first-order valence-electron chi connectivity index (χ1n) is 14.5. The molecule has 5 aromatic carbocycles. The maximum Gasteiger partial charge on any atom is 0.143 e. The van der Waals surface area contributed by atoms with E-state index in [0.29, 0.717) is 5.92 Å². The molecule has 1 aromatic heterocycles. The Morgan fingerprint density at radius 3 is 2.08 bits per heavy atom. The minimum Gasteiger partial charge on any atom is -0.455 e. The van der Waals surface area contributed by atoms with Crippen molar-refractivity contribution in [3.05, 3.63) is 120 Å². The summed E-state index contributed by atoms with van der Waals surface area (Å²) in [6.45, 7) is 11.0. The van der Waals surface area contributed by atoms with Crippen molar-refractivity contribution in [2.45, 2.75) is 46.0 Å². The summed E-state index contributed by atoms with van der Waals surface area (Å²) in [5, 5.41) is 4.72. The van der Waals surface area contributed by atoms with Crippen LogP contribution in [0.2, 0.25) is 0 Å². The zero-order valence-corrected chi connectivity index (χ0v) is 23.7. The SMILES string of the molecule is C=Cc1c(/C=C\C)c(-c2ccc(C(CC)CCC)cc2)c2ccccc2c1-c1cccc2c1oc1ccccc12. The van der Waals surface area contributed by atoms with Gasteiger partial charge in [-0.3, -0.25) is 0 Å². The third-order valence-electron chi connectivity index (χ3n) is 8.31. The zero-order valence-electron chi connectivity index (χ0n) is 23.7. The number of hydrogen-bond acceptors (Lipinski definition) is 1. The monoisotopic (exact) mass is 520 g/mol. The van der Waals surface area contributed by atoms with E-state index < -0.39 is 0 Å². The molecule has 198 valence electrons. The summed E-state index contributed by atoms with van der Waals surface area (Å²) in [6.07, 6.45) is 9.99. The van der Waals surface area contributed by atoms with E-state index in [-0.39, 0.29) is 0 Å². The summed E-state index contributed by atoms with van der Waals surface area (Å²) in [6, 6.07) is 32.9. The Kier molecular flexibility index (Phi) is 7.13. The van der Waals surface area contributed by atoms with Gasteiger partial charge in [0, 0.05) is 21.9 Å². The summed E-state index contributed by atoms with van der Waals surface area (Å²) >= 11 is 0. The van der Waals surface area contributed by atoms with Crippen LogP contribution < -0.4 is 0 Å². The lowest BCUT2D eigenvalue weighted by atomic mass is 9.82. The van der Waals surface area contributed by atoms with Crippen LogP contribution >= 0.6 is 0 Å². The number of hydrogen-bond donors (Lipinski definition) is 0. The van der Waals surface area contributed by atoms with E-state index in [2.05, 4.69) is 118 Å². The Hall–Kier alpha value is -4.36. The van der Waals surface area contributed by atoms with Crippen molar-refractivity contribution in [2.75, 3.05) is 0 Å². The second-order valence-electron chi connectivity index (χ2n) is 10.6. The van der Waals surface area contributed by atoms with Crippen molar-refractivity contribution >= 4 is 44.9 Å². The molecule has 0 aliphatic rings. The largest absolute Gasteiger partial charge is 0.455 e. The van der Waals surface area contributed by atoms with Crippen LogP contribution in [0.5, 0.6) is 0 Å². The Bertz CT molecular complexity index is 1860. The fraction of sp³-hybridized carbons (Fsp3) is 0.179. The van der Waals surface area contributed by atoms with Crippen LogP contribution in [0, 0.1) is 0 Å². The van der Waals surface area contributed by atoms with Gasteiger partial charge >= 0.3 is 0 Å². The second-order valence-corrected chi connectivity index (χ2v) is 10.6.